The number of allylic oxidation sites excluding steroid dienone is 4. The molecule has 0 spiro atoms. The Bertz CT molecular complexity index is 1140. The number of hydrogen-bond acceptors (Lipinski definition) is 4. The molecule has 37 heavy (non-hydrogen) atoms. The lowest BCUT2D eigenvalue weighted by molar-refractivity contribution is -0.104. The summed E-state index contributed by atoms with van der Waals surface area (Å²) in [7, 11) is 0. The lowest BCUT2D eigenvalue weighted by atomic mass is 10.0. The summed E-state index contributed by atoms with van der Waals surface area (Å²) < 4.78 is 0. The highest BCUT2D eigenvalue weighted by molar-refractivity contribution is 8.01. The van der Waals surface area contributed by atoms with E-state index in [1.807, 2.05) is 34.0 Å². The second-order valence-electron chi connectivity index (χ2n) is 7.92. The number of carbonyl (C=O) groups excluding carboxylic acids is 2. The van der Waals surface area contributed by atoms with Crippen molar-refractivity contribution in [3.05, 3.63) is 112 Å². The van der Waals surface area contributed by atoms with E-state index in [-0.39, 0.29) is 0 Å². The molecule has 0 atom stereocenters. The van der Waals surface area contributed by atoms with Crippen LogP contribution in [0.1, 0.15) is 57.2 Å². The van der Waals surface area contributed by atoms with Crippen molar-refractivity contribution in [2.45, 2.75) is 53.4 Å². The standard InChI is InChI=1S/C15H18OS.C14H14OS.C2H6.C2H4/c1-13(8-10-16)6-7-14-4-3-5-15(12-14)9-11-17-2;1-11(6-7-15)2-3-12-4-5-13-9-16-10-14(13)8-12;2*1-2/h3-5,8-12H,6-7H2,1-2H3;4-10H,2-3H2,1H3;1-2H3;1-2H2/b11-9-,13-8+;11-6+;;. The van der Waals surface area contributed by atoms with Crippen molar-refractivity contribution in [2.75, 3.05) is 6.26 Å². The molecular formula is C33H42O2S2. The van der Waals surface area contributed by atoms with Crippen LogP contribution in [-0.2, 0) is 22.4 Å². The first-order chi connectivity index (χ1) is 18.0. The molecule has 0 unspecified atom stereocenters. The summed E-state index contributed by atoms with van der Waals surface area (Å²) in [5.74, 6) is 0. The number of aryl methyl sites for hydroxylation is 2. The van der Waals surface area contributed by atoms with Gasteiger partial charge in [0.15, 0.2) is 0 Å². The molecule has 0 aliphatic heterocycles. The predicted molar refractivity (Wildman–Crippen MR) is 170 cm³/mol. The smallest absolute Gasteiger partial charge is 0.142 e. The molecule has 0 aliphatic carbocycles. The molecule has 3 rings (SSSR count). The molecule has 0 amide bonds. The number of benzene rings is 2. The third kappa shape index (κ3) is 15.0. The maximum absolute atomic E-state index is 10.3. The topological polar surface area (TPSA) is 34.1 Å². The van der Waals surface area contributed by atoms with Crippen LogP contribution >= 0.6 is 23.1 Å². The van der Waals surface area contributed by atoms with Gasteiger partial charge in [0, 0.05) is 0 Å². The number of aldehydes is 2. The minimum atomic E-state index is 0.854. The van der Waals surface area contributed by atoms with Crippen LogP contribution in [0.5, 0.6) is 0 Å². The molecule has 0 radical (unpaired) electrons. The van der Waals surface area contributed by atoms with Crippen molar-refractivity contribution in [3.8, 4) is 0 Å². The zero-order chi connectivity index (χ0) is 27.9. The third-order valence-electron chi connectivity index (χ3n) is 5.21. The highest BCUT2D eigenvalue weighted by Gasteiger charge is 1.98. The van der Waals surface area contributed by atoms with E-state index < -0.39 is 0 Å². The van der Waals surface area contributed by atoms with E-state index in [0.29, 0.717) is 0 Å². The van der Waals surface area contributed by atoms with Gasteiger partial charge in [0.2, 0.25) is 0 Å². The summed E-state index contributed by atoms with van der Waals surface area (Å²) in [6.07, 6.45) is 13.0. The Labute approximate surface area is 232 Å². The molecule has 198 valence electrons. The summed E-state index contributed by atoms with van der Waals surface area (Å²) >= 11 is 3.44. The molecule has 0 N–H and O–H groups in total. The van der Waals surface area contributed by atoms with Gasteiger partial charge in [-0.1, -0.05) is 67.5 Å². The monoisotopic (exact) mass is 534 g/mol. The maximum atomic E-state index is 10.3. The first-order valence-corrected chi connectivity index (χ1v) is 14.7. The highest BCUT2D eigenvalue weighted by Crippen LogP contribution is 2.21. The normalized spacial score (nSPS) is 10.9. The SMILES string of the molecule is C/C(=C\C=O)CCc1ccc2cscc2c1.C=C.CC.CS/C=C\c1cccc(CC/C(C)=C/C=O)c1. The van der Waals surface area contributed by atoms with Crippen molar-refractivity contribution < 1.29 is 9.59 Å². The Morgan fingerprint density at radius 2 is 1.41 bits per heavy atom. The zero-order valence-electron chi connectivity index (χ0n) is 23.0. The first-order valence-electron chi connectivity index (χ1n) is 12.5. The molecule has 2 aromatic carbocycles. The molecule has 0 aliphatic rings. The fraction of sp³-hybridized carbons (Fsp3) is 0.273. The average molecular weight is 535 g/mol. The summed E-state index contributed by atoms with van der Waals surface area (Å²) in [6, 6.07) is 15.1. The van der Waals surface area contributed by atoms with Crippen LogP contribution in [0.2, 0.25) is 0 Å². The van der Waals surface area contributed by atoms with Crippen molar-refractivity contribution in [1.29, 1.82) is 0 Å². The van der Waals surface area contributed by atoms with Gasteiger partial charge < -0.3 is 0 Å². The number of hydrogen-bond donors (Lipinski definition) is 0. The summed E-state index contributed by atoms with van der Waals surface area (Å²) in [4.78, 5) is 20.6. The predicted octanol–water partition coefficient (Wildman–Crippen LogP) is 9.91. The van der Waals surface area contributed by atoms with Gasteiger partial charge in [-0.05, 0) is 108 Å². The van der Waals surface area contributed by atoms with Crippen LogP contribution in [0.25, 0.3) is 16.8 Å². The van der Waals surface area contributed by atoms with Crippen LogP contribution in [0.3, 0.4) is 0 Å². The number of rotatable bonds is 10. The quantitative estimate of drug-likeness (QED) is 0.147. The van der Waals surface area contributed by atoms with Gasteiger partial charge in [-0.15, -0.1) is 24.9 Å². The molecule has 4 heteroatoms. The van der Waals surface area contributed by atoms with Gasteiger partial charge in [-0.25, -0.2) is 0 Å². The Morgan fingerprint density at radius 3 is 1.97 bits per heavy atom. The number of thioether (sulfide) groups is 1. The fourth-order valence-electron chi connectivity index (χ4n) is 3.25. The van der Waals surface area contributed by atoms with Crippen molar-refractivity contribution in [2.24, 2.45) is 0 Å². The van der Waals surface area contributed by atoms with E-state index in [1.54, 1.807) is 35.3 Å². The lowest BCUT2D eigenvalue weighted by Gasteiger charge is -2.03. The van der Waals surface area contributed by atoms with Crippen LogP contribution in [0.4, 0.5) is 0 Å². The Morgan fingerprint density at radius 1 is 0.838 bits per heavy atom. The van der Waals surface area contributed by atoms with E-state index in [0.717, 1.165) is 49.4 Å². The largest absolute Gasteiger partial charge is 0.299 e. The van der Waals surface area contributed by atoms with E-state index in [9.17, 15) is 9.59 Å². The second kappa shape index (κ2) is 22.3. The van der Waals surface area contributed by atoms with Gasteiger partial charge >= 0.3 is 0 Å². The average Bonchev–Trinajstić information content (AvgIpc) is 3.41. The van der Waals surface area contributed by atoms with Crippen LogP contribution in [0.15, 0.2) is 95.1 Å². The maximum Gasteiger partial charge on any atom is 0.142 e. The molecule has 2 nitrogen and oxygen atoms in total. The van der Waals surface area contributed by atoms with E-state index in [1.165, 1.54) is 27.5 Å². The van der Waals surface area contributed by atoms with Crippen molar-refractivity contribution in [1.82, 2.24) is 0 Å². The summed E-state index contributed by atoms with van der Waals surface area (Å²) in [5.41, 5.74) is 6.15. The Kier molecular flexibility index (Phi) is 20.5. The van der Waals surface area contributed by atoms with Crippen molar-refractivity contribution >= 4 is 52.5 Å². The summed E-state index contributed by atoms with van der Waals surface area (Å²) in [5, 5.41) is 9.05. The van der Waals surface area contributed by atoms with Gasteiger partial charge in [0.05, 0.1) is 0 Å². The van der Waals surface area contributed by atoms with Gasteiger partial charge in [-0.2, -0.15) is 11.3 Å². The Hall–Kier alpha value is -2.95. The molecule has 0 saturated carbocycles. The fourth-order valence-corrected chi connectivity index (χ4v) is 4.32. The molecule has 1 aromatic heterocycles. The van der Waals surface area contributed by atoms with E-state index in [2.05, 4.69) is 77.9 Å². The Balaban J connectivity index is 0.000000618. The molecular weight excluding hydrogens is 492 g/mol. The zero-order valence-corrected chi connectivity index (χ0v) is 24.7. The van der Waals surface area contributed by atoms with Gasteiger partial charge in [0.1, 0.15) is 12.6 Å². The van der Waals surface area contributed by atoms with Crippen LogP contribution in [-0.4, -0.2) is 18.8 Å². The number of carbonyl (C=O) groups is 2. The lowest BCUT2D eigenvalue weighted by Crippen LogP contribution is -1.87. The molecule has 0 saturated heterocycles. The summed E-state index contributed by atoms with van der Waals surface area (Å²) in [6.45, 7) is 14.0. The molecule has 0 bridgehead atoms. The second-order valence-corrected chi connectivity index (χ2v) is 9.40. The minimum absolute atomic E-state index is 0.854. The van der Waals surface area contributed by atoms with Gasteiger partial charge in [0.25, 0.3) is 0 Å². The van der Waals surface area contributed by atoms with Crippen LogP contribution < -0.4 is 0 Å². The number of fused-ring (bicyclic) bond motifs is 1. The third-order valence-corrected chi connectivity index (χ3v) is 6.40. The molecule has 1 heterocycles. The van der Waals surface area contributed by atoms with E-state index in [4.69, 9.17) is 0 Å². The highest BCUT2D eigenvalue weighted by atomic mass is 32.2. The van der Waals surface area contributed by atoms with Crippen molar-refractivity contribution in [3.63, 3.8) is 0 Å². The minimum Gasteiger partial charge on any atom is -0.299 e. The number of thiophene rings is 1. The molecule has 3 aromatic rings. The first kappa shape index (κ1) is 34.1. The van der Waals surface area contributed by atoms with Gasteiger partial charge in [-0.3, -0.25) is 9.59 Å². The van der Waals surface area contributed by atoms with Crippen LogP contribution in [0, 0.1) is 0 Å². The van der Waals surface area contributed by atoms with E-state index >= 15 is 0 Å². The molecule has 0 fully saturated rings.